The third-order valence-corrected chi connectivity index (χ3v) is 3.51. The lowest BCUT2D eigenvalue weighted by Crippen LogP contribution is -2.26. The van der Waals surface area contributed by atoms with Crippen LogP contribution in [-0.2, 0) is 11.2 Å². The Morgan fingerprint density at radius 2 is 2.15 bits per heavy atom. The fraction of sp³-hybridized carbons (Fsp3) is 0.286. The highest BCUT2D eigenvalue weighted by Crippen LogP contribution is 2.23. The first-order valence-corrected chi connectivity index (χ1v) is 7.18. The fourth-order valence-electron chi connectivity index (χ4n) is 1.62. The fourth-order valence-corrected chi connectivity index (χ4v) is 2.48. The second-order valence-electron chi connectivity index (χ2n) is 4.05. The molecule has 1 amide bonds. The van der Waals surface area contributed by atoms with Gasteiger partial charge in [-0.15, -0.1) is 11.3 Å². The number of amides is 1. The third kappa shape index (κ3) is 4.03. The summed E-state index contributed by atoms with van der Waals surface area (Å²) in [6.45, 7) is 2.59. The minimum Gasteiger partial charge on any atom is -0.450 e. The number of rotatable bonds is 5. The zero-order chi connectivity index (χ0) is 14.4. The number of benzene rings is 1. The van der Waals surface area contributed by atoms with Crippen molar-refractivity contribution in [1.82, 2.24) is 10.3 Å². The minimum atomic E-state index is -0.415. The van der Waals surface area contributed by atoms with E-state index in [4.69, 9.17) is 4.74 Å². The van der Waals surface area contributed by atoms with Gasteiger partial charge >= 0.3 is 6.09 Å². The average molecular weight is 294 g/mol. The molecule has 4 nitrogen and oxygen atoms in total. The van der Waals surface area contributed by atoms with Crippen molar-refractivity contribution in [3.05, 3.63) is 41.2 Å². The molecule has 0 saturated heterocycles. The molecule has 0 bridgehead atoms. The van der Waals surface area contributed by atoms with Crippen molar-refractivity contribution in [2.75, 3.05) is 13.2 Å². The van der Waals surface area contributed by atoms with E-state index in [1.165, 1.54) is 23.5 Å². The van der Waals surface area contributed by atoms with Crippen molar-refractivity contribution in [2.45, 2.75) is 13.3 Å². The number of alkyl carbamates (subject to hydrolysis) is 1. The number of nitrogens with zero attached hydrogens (tertiary/aromatic N) is 1. The van der Waals surface area contributed by atoms with Crippen molar-refractivity contribution in [1.29, 1.82) is 0 Å². The van der Waals surface area contributed by atoms with Gasteiger partial charge in [-0.25, -0.2) is 14.2 Å². The van der Waals surface area contributed by atoms with Crippen LogP contribution in [-0.4, -0.2) is 24.2 Å². The monoisotopic (exact) mass is 294 g/mol. The molecule has 106 valence electrons. The summed E-state index contributed by atoms with van der Waals surface area (Å²) in [7, 11) is 0. The highest BCUT2D eigenvalue weighted by molar-refractivity contribution is 7.13. The lowest BCUT2D eigenvalue weighted by atomic mass is 10.2. The molecule has 0 radical (unpaired) electrons. The molecule has 0 aliphatic rings. The second-order valence-corrected chi connectivity index (χ2v) is 4.91. The highest BCUT2D eigenvalue weighted by Gasteiger charge is 2.06. The third-order valence-electron chi connectivity index (χ3n) is 2.57. The first-order chi connectivity index (χ1) is 9.69. The zero-order valence-corrected chi connectivity index (χ0v) is 11.9. The molecule has 0 aliphatic carbocycles. The van der Waals surface area contributed by atoms with Crippen LogP contribution in [0.3, 0.4) is 0 Å². The van der Waals surface area contributed by atoms with Gasteiger partial charge < -0.3 is 10.1 Å². The number of hydrogen-bond acceptors (Lipinski definition) is 4. The van der Waals surface area contributed by atoms with Gasteiger partial charge in [0, 0.05) is 23.9 Å². The molecule has 0 spiro atoms. The summed E-state index contributed by atoms with van der Waals surface area (Å²) in [6.07, 6.45) is 0.220. The smallest absolute Gasteiger partial charge is 0.407 e. The lowest BCUT2D eigenvalue weighted by Gasteiger charge is -2.03. The molecule has 1 aromatic heterocycles. The number of ether oxygens (including phenoxy) is 1. The van der Waals surface area contributed by atoms with Gasteiger partial charge in [-0.05, 0) is 31.2 Å². The van der Waals surface area contributed by atoms with E-state index in [9.17, 15) is 9.18 Å². The molecule has 0 saturated carbocycles. The Kier molecular flexibility index (Phi) is 5.06. The summed E-state index contributed by atoms with van der Waals surface area (Å²) in [5.41, 5.74) is 1.78. The molecule has 6 heteroatoms. The quantitative estimate of drug-likeness (QED) is 0.921. The van der Waals surface area contributed by atoms with E-state index in [-0.39, 0.29) is 5.82 Å². The SMILES string of the molecule is CCOC(=O)NCCc1csc(-c2ccc(F)cc2)n1. The summed E-state index contributed by atoms with van der Waals surface area (Å²) in [5, 5.41) is 5.42. The summed E-state index contributed by atoms with van der Waals surface area (Å²) in [5.74, 6) is -0.260. The number of nitrogens with one attached hydrogen (secondary N) is 1. The predicted octanol–water partition coefficient (Wildman–Crippen LogP) is 3.24. The normalized spacial score (nSPS) is 10.3. The molecule has 2 rings (SSSR count). The lowest BCUT2D eigenvalue weighted by molar-refractivity contribution is 0.152. The van der Waals surface area contributed by atoms with Crippen LogP contribution >= 0.6 is 11.3 Å². The van der Waals surface area contributed by atoms with Crippen molar-refractivity contribution in [3.63, 3.8) is 0 Å². The molecule has 20 heavy (non-hydrogen) atoms. The van der Waals surface area contributed by atoms with Gasteiger partial charge in [0.2, 0.25) is 0 Å². The Morgan fingerprint density at radius 1 is 1.40 bits per heavy atom. The van der Waals surface area contributed by atoms with E-state index in [1.54, 1.807) is 19.1 Å². The van der Waals surface area contributed by atoms with Gasteiger partial charge in [-0.1, -0.05) is 0 Å². The van der Waals surface area contributed by atoms with Crippen LogP contribution in [0.5, 0.6) is 0 Å². The summed E-state index contributed by atoms with van der Waals surface area (Å²) in [4.78, 5) is 15.6. The zero-order valence-electron chi connectivity index (χ0n) is 11.1. The van der Waals surface area contributed by atoms with Crippen LogP contribution in [0.25, 0.3) is 10.6 Å². The number of hydrogen-bond donors (Lipinski definition) is 1. The van der Waals surface area contributed by atoms with Gasteiger partial charge in [0.25, 0.3) is 0 Å². The van der Waals surface area contributed by atoms with Crippen molar-refractivity contribution in [3.8, 4) is 10.6 Å². The maximum Gasteiger partial charge on any atom is 0.407 e. The van der Waals surface area contributed by atoms with Crippen molar-refractivity contribution in [2.24, 2.45) is 0 Å². The molecule has 1 aromatic carbocycles. The van der Waals surface area contributed by atoms with Crippen molar-refractivity contribution < 1.29 is 13.9 Å². The maximum absolute atomic E-state index is 12.8. The van der Waals surface area contributed by atoms with Crippen LogP contribution in [0.2, 0.25) is 0 Å². The summed E-state index contributed by atoms with van der Waals surface area (Å²) in [6, 6.07) is 6.24. The predicted molar refractivity (Wildman–Crippen MR) is 76.2 cm³/mol. The highest BCUT2D eigenvalue weighted by atomic mass is 32.1. The number of aromatic nitrogens is 1. The van der Waals surface area contributed by atoms with E-state index in [0.717, 1.165) is 16.3 Å². The second kappa shape index (κ2) is 7.00. The molecule has 0 unspecified atom stereocenters. The van der Waals surface area contributed by atoms with Gasteiger partial charge in [0.1, 0.15) is 10.8 Å². The molecule has 0 aliphatic heterocycles. The number of carbonyl (C=O) groups is 1. The van der Waals surface area contributed by atoms with E-state index in [0.29, 0.717) is 19.6 Å². The Balaban J connectivity index is 1.89. The molecular weight excluding hydrogens is 279 g/mol. The number of thiazole rings is 1. The number of halogens is 1. The standard InChI is InChI=1S/C14H15FN2O2S/c1-2-19-14(18)16-8-7-12-9-20-13(17-12)10-3-5-11(15)6-4-10/h3-6,9H,2,7-8H2,1H3,(H,16,18). The van der Waals surface area contributed by atoms with Gasteiger partial charge in [0.05, 0.1) is 12.3 Å². The van der Waals surface area contributed by atoms with Crippen molar-refractivity contribution >= 4 is 17.4 Å². The first-order valence-electron chi connectivity index (χ1n) is 6.30. The maximum atomic E-state index is 12.8. The summed E-state index contributed by atoms with van der Waals surface area (Å²) < 4.78 is 17.6. The topological polar surface area (TPSA) is 51.2 Å². The number of carbonyl (C=O) groups excluding carboxylic acids is 1. The largest absolute Gasteiger partial charge is 0.450 e. The Labute approximate surface area is 120 Å². The van der Waals surface area contributed by atoms with Crippen LogP contribution < -0.4 is 5.32 Å². The Bertz CT molecular complexity index is 569. The van der Waals surface area contributed by atoms with Gasteiger partial charge in [-0.3, -0.25) is 0 Å². The van der Waals surface area contributed by atoms with E-state index >= 15 is 0 Å². The molecule has 2 aromatic rings. The Hall–Kier alpha value is -1.95. The van der Waals surface area contributed by atoms with Gasteiger partial charge in [-0.2, -0.15) is 0 Å². The van der Waals surface area contributed by atoms with Crippen LogP contribution in [0.4, 0.5) is 9.18 Å². The molecule has 0 fully saturated rings. The molecule has 1 heterocycles. The van der Waals surface area contributed by atoms with E-state index in [2.05, 4.69) is 10.3 Å². The van der Waals surface area contributed by atoms with Crippen LogP contribution in [0, 0.1) is 5.82 Å². The van der Waals surface area contributed by atoms with Crippen LogP contribution in [0.1, 0.15) is 12.6 Å². The minimum absolute atomic E-state index is 0.260. The molecule has 0 atom stereocenters. The van der Waals surface area contributed by atoms with Crippen LogP contribution in [0.15, 0.2) is 29.6 Å². The first kappa shape index (κ1) is 14.5. The molecular formula is C14H15FN2O2S. The van der Waals surface area contributed by atoms with Gasteiger partial charge in [0.15, 0.2) is 0 Å². The van der Waals surface area contributed by atoms with E-state index in [1.807, 2.05) is 5.38 Å². The summed E-state index contributed by atoms with van der Waals surface area (Å²) >= 11 is 1.50. The Morgan fingerprint density at radius 3 is 2.85 bits per heavy atom. The average Bonchev–Trinajstić information content (AvgIpc) is 2.89. The molecule has 1 N–H and O–H groups in total. The van der Waals surface area contributed by atoms with E-state index < -0.39 is 6.09 Å².